The van der Waals surface area contributed by atoms with Crippen molar-refractivity contribution in [2.24, 2.45) is 5.92 Å². The topological polar surface area (TPSA) is 37.8 Å². The predicted molar refractivity (Wildman–Crippen MR) is 59.6 cm³/mol. The molecule has 1 unspecified atom stereocenters. The summed E-state index contributed by atoms with van der Waals surface area (Å²) in [4.78, 5) is 0. The van der Waals surface area contributed by atoms with E-state index in [4.69, 9.17) is 11.6 Å². The highest BCUT2D eigenvalue weighted by molar-refractivity contribution is 6.29. The number of nitrogens with zero attached hydrogens (tertiary/aromatic N) is 2. The average Bonchev–Trinajstić information content (AvgIpc) is 2.01. The number of rotatable bonds is 4. The third-order valence-corrected chi connectivity index (χ3v) is 2.05. The van der Waals surface area contributed by atoms with Crippen LogP contribution in [0.15, 0.2) is 12.3 Å². The van der Waals surface area contributed by atoms with Crippen molar-refractivity contribution in [3.8, 4) is 0 Å². The molecule has 0 bridgehead atoms. The van der Waals surface area contributed by atoms with Crippen LogP contribution in [0, 0.1) is 5.92 Å². The Morgan fingerprint density at radius 1 is 1.43 bits per heavy atom. The van der Waals surface area contributed by atoms with Crippen LogP contribution >= 0.6 is 11.6 Å². The van der Waals surface area contributed by atoms with E-state index in [0.717, 1.165) is 12.1 Å². The van der Waals surface area contributed by atoms with Gasteiger partial charge in [-0.3, -0.25) is 0 Å². The average molecular weight is 214 g/mol. The fourth-order valence-corrected chi connectivity index (χ4v) is 1.63. The van der Waals surface area contributed by atoms with E-state index in [2.05, 4.69) is 36.3 Å². The van der Waals surface area contributed by atoms with Crippen molar-refractivity contribution in [2.75, 3.05) is 5.32 Å². The molecule has 14 heavy (non-hydrogen) atoms. The second-order valence-corrected chi connectivity index (χ2v) is 4.33. The van der Waals surface area contributed by atoms with Crippen molar-refractivity contribution >= 4 is 17.3 Å². The molecule has 0 saturated carbocycles. The number of hydrogen-bond donors (Lipinski definition) is 1. The Kier molecular flexibility index (Phi) is 4.14. The lowest BCUT2D eigenvalue weighted by Crippen LogP contribution is -2.17. The lowest BCUT2D eigenvalue weighted by atomic mass is 10.1. The van der Waals surface area contributed by atoms with E-state index >= 15 is 0 Å². The summed E-state index contributed by atoms with van der Waals surface area (Å²) in [6, 6.07) is 2.21. The van der Waals surface area contributed by atoms with E-state index in [-0.39, 0.29) is 0 Å². The highest BCUT2D eigenvalue weighted by Crippen LogP contribution is 2.14. The molecule has 1 aromatic rings. The summed E-state index contributed by atoms with van der Waals surface area (Å²) < 4.78 is 0. The van der Waals surface area contributed by atoms with Crippen LogP contribution in [0.25, 0.3) is 0 Å². The van der Waals surface area contributed by atoms with E-state index in [1.807, 2.05) is 0 Å². The summed E-state index contributed by atoms with van der Waals surface area (Å²) in [6.07, 6.45) is 2.81. The van der Waals surface area contributed by atoms with Crippen molar-refractivity contribution in [3.63, 3.8) is 0 Å². The van der Waals surface area contributed by atoms with Crippen molar-refractivity contribution in [3.05, 3.63) is 17.4 Å². The largest absolute Gasteiger partial charge is 0.381 e. The molecule has 0 aliphatic rings. The van der Waals surface area contributed by atoms with Crippen LogP contribution in [0.5, 0.6) is 0 Å². The predicted octanol–water partition coefficient (Wildman–Crippen LogP) is 2.98. The second kappa shape index (κ2) is 5.15. The quantitative estimate of drug-likeness (QED) is 0.836. The highest BCUT2D eigenvalue weighted by atomic mass is 35.5. The lowest BCUT2D eigenvalue weighted by molar-refractivity contribution is 0.539. The maximum absolute atomic E-state index is 5.72. The lowest BCUT2D eigenvalue weighted by Gasteiger charge is -2.16. The molecule has 0 fully saturated rings. The summed E-state index contributed by atoms with van der Waals surface area (Å²) in [6.45, 7) is 6.56. The molecule has 1 heterocycles. The van der Waals surface area contributed by atoms with Gasteiger partial charge in [-0.2, -0.15) is 5.10 Å². The Hall–Kier alpha value is -0.830. The maximum atomic E-state index is 5.72. The highest BCUT2D eigenvalue weighted by Gasteiger charge is 2.05. The molecule has 0 amide bonds. The van der Waals surface area contributed by atoms with Gasteiger partial charge in [-0.25, -0.2) is 0 Å². The Bertz CT molecular complexity index is 288. The first-order valence-corrected chi connectivity index (χ1v) is 5.20. The van der Waals surface area contributed by atoms with E-state index < -0.39 is 0 Å². The van der Waals surface area contributed by atoms with Crippen molar-refractivity contribution in [1.82, 2.24) is 10.2 Å². The Balaban J connectivity index is 2.51. The molecule has 0 aromatic carbocycles. The molecule has 0 aliphatic carbocycles. The van der Waals surface area contributed by atoms with Gasteiger partial charge in [0.25, 0.3) is 0 Å². The summed E-state index contributed by atoms with van der Waals surface area (Å²) in [7, 11) is 0. The molecule has 78 valence electrons. The summed E-state index contributed by atoms with van der Waals surface area (Å²) in [5.41, 5.74) is 0.929. The van der Waals surface area contributed by atoms with E-state index in [0.29, 0.717) is 17.1 Å². The van der Waals surface area contributed by atoms with Crippen LogP contribution in [-0.4, -0.2) is 16.2 Å². The minimum Gasteiger partial charge on any atom is -0.381 e. The van der Waals surface area contributed by atoms with Crippen LogP contribution in [0.4, 0.5) is 5.69 Å². The molecular formula is C10H16ClN3. The second-order valence-electron chi connectivity index (χ2n) is 3.94. The van der Waals surface area contributed by atoms with Gasteiger partial charge in [0, 0.05) is 12.1 Å². The molecule has 1 aromatic heterocycles. The smallest absolute Gasteiger partial charge is 0.153 e. The van der Waals surface area contributed by atoms with E-state index in [9.17, 15) is 0 Å². The van der Waals surface area contributed by atoms with Gasteiger partial charge < -0.3 is 5.32 Å². The van der Waals surface area contributed by atoms with Gasteiger partial charge in [-0.1, -0.05) is 25.4 Å². The first-order valence-electron chi connectivity index (χ1n) is 4.82. The molecule has 0 radical (unpaired) electrons. The van der Waals surface area contributed by atoms with Gasteiger partial charge in [0.1, 0.15) is 0 Å². The standard InChI is InChI=1S/C10H16ClN3/c1-7(2)4-8(3)13-9-5-10(11)14-12-6-9/h5-8H,4H2,1-3H3,(H,13,14). The summed E-state index contributed by atoms with van der Waals surface area (Å²) >= 11 is 5.72. The molecule has 1 N–H and O–H groups in total. The van der Waals surface area contributed by atoms with Crippen LogP contribution < -0.4 is 5.32 Å². The fourth-order valence-electron chi connectivity index (χ4n) is 1.47. The summed E-state index contributed by atoms with van der Waals surface area (Å²) in [5.74, 6) is 0.683. The van der Waals surface area contributed by atoms with E-state index in [1.54, 1.807) is 12.3 Å². The monoisotopic (exact) mass is 213 g/mol. The SMILES string of the molecule is CC(C)CC(C)Nc1cnnc(Cl)c1. The molecule has 0 aliphatic heterocycles. The van der Waals surface area contributed by atoms with Gasteiger partial charge >= 0.3 is 0 Å². The zero-order chi connectivity index (χ0) is 10.6. The Morgan fingerprint density at radius 2 is 2.14 bits per heavy atom. The van der Waals surface area contributed by atoms with Gasteiger partial charge in [0.2, 0.25) is 0 Å². The number of hydrogen-bond acceptors (Lipinski definition) is 3. The van der Waals surface area contributed by atoms with Crippen molar-refractivity contribution in [2.45, 2.75) is 33.2 Å². The number of anilines is 1. The van der Waals surface area contributed by atoms with Crippen LogP contribution in [0.3, 0.4) is 0 Å². The van der Waals surface area contributed by atoms with Gasteiger partial charge in [-0.15, -0.1) is 5.10 Å². The molecule has 3 nitrogen and oxygen atoms in total. The molecule has 1 atom stereocenters. The molecule has 1 rings (SSSR count). The number of aromatic nitrogens is 2. The minimum absolute atomic E-state index is 0.423. The maximum Gasteiger partial charge on any atom is 0.153 e. The normalized spacial score (nSPS) is 12.9. The van der Waals surface area contributed by atoms with E-state index in [1.165, 1.54) is 0 Å². The zero-order valence-electron chi connectivity index (χ0n) is 8.79. The molecule has 0 saturated heterocycles. The number of halogens is 1. The van der Waals surface area contributed by atoms with Crippen LogP contribution in [0.1, 0.15) is 27.2 Å². The number of nitrogens with one attached hydrogen (secondary N) is 1. The van der Waals surface area contributed by atoms with Crippen LogP contribution in [-0.2, 0) is 0 Å². The van der Waals surface area contributed by atoms with Crippen molar-refractivity contribution in [1.29, 1.82) is 0 Å². The third-order valence-electron chi connectivity index (χ3n) is 1.86. The Morgan fingerprint density at radius 3 is 2.71 bits per heavy atom. The minimum atomic E-state index is 0.423. The van der Waals surface area contributed by atoms with Gasteiger partial charge in [-0.05, 0) is 19.3 Å². The fraction of sp³-hybridized carbons (Fsp3) is 0.600. The molecule has 4 heteroatoms. The first kappa shape index (κ1) is 11.2. The van der Waals surface area contributed by atoms with Crippen molar-refractivity contribution < 1.29 is 0 Å². The third kappa shape index (κ3) is 3.92. The first-order chi connectivity index (χ1) is 6.58. The molecule has 0 spiro atoms. The zero-order valence-corrected chi connectivity index (χ0v) is 9.54. The Labute approximate surface area is 89.9 Å². The van der Waals surface area contributed by atoms with Gasteiger partial charge in [0.05, 0.1) is 11.9 Å². The van der Waals surface area contributed by atoms with Gasteiger partial charge in [0.15, 0.2) is 5.15 Å². The van der Waals surface area contributed by atoms with Crippen LogP contribution in [0.2, 0.25) is 5.15 Å². The molecular weight excluding hydrogens is 198 g/mol. The summed E-state index contributed by atoms with van der Waals surface area (Å²) in [5, 5.41) is 11.2.